The number of carbonyl (C=O) groups is 2. The lowest BCUT2D eigenvalue weighted by Crippen LogP contribution is -2.41. The van der Waals surface area contributed by atoms with Crippen molar-refractivity contribution >= 4 is 11.8 Å². The summed E-state index contributed by atoms with van der Waals surface area (Å²) in [6.07, 6.45) is 1.11. The van der Waals surface area contributed by atoms with Crippen LogP contribution in [-0.2, 0) is 11.8 Å². The minimum Gasteiger partial charge on any atom is -0.345 e. The third kappa shape index (κ3) is 3.78. The minimum atomic E-state index is -0.760. The molecule has 2 aromatic carbocycles. The maximum absolute atomic E-state index is 12.7. The monoisotopic (exact) mass is 447 g/mol. The summed E-state index contributed by atoms with van der Waals surface area (Å²) in [4.78, 5) is 28.5. The van der Waals surface area contributed by atoms with E-state index in [0.29, 0.717) is 29.8 Å². The van der Waals surface area contributed by atoms with Gasteiger partial charge in [0.1, 0.15) is 0 Å². The number of amides is 2. The Morgan fingerprint density at radius 1 is 1.00 bits per heavy atom. The molecule has 0 aliphatic heterocycles. The topological polar surface area (TPSA) is 121 Å². The molecule has 1 heterocycles. The Balaban J connectivity index is 2.00. The number of fused-ring (bicyclic) bond motifs is 2. The third-order valence-corrected chi connectivity index (χ3v) is 6.17. The molecule has 3 N–H and O–H groups in total. The number of nitrogens with one attached hydrogen (secondary N) is 1. The van der Waals surface area contributed by atoms with E-state index < -0.39 is 5.41 Å². The number of benzene rings is 2. The second kappa shape index (κ2) is 8.40. The molecule has 2 amide bonds. The molecule has 33 heavy (non-hydrogen) atoms. The van der Waals surface area contributed by atoms with Crippen LogP contribution in [0.5, 0.6) is 0 Å². The molecule has 4 rings (SSSR count). The lowest BCUT2D eigenvalue weighted by molar-refractivity contribution is 0.0820. The van der Waals surface area contributed by atoms with Gasteiger partial charge in [0, 0.05) is 45.4 Å². The highest BCUT2D eigenvalue weighted by Gasteiger charge is 2.46. The van der Waals surface area contributed by atoms with E-state index in [1.54, 1.807) is 38.0 Å². The van der Waals surface area contributed by atoms with Gasteiger partial charge in [-0.2, -0.15) is 5.21 Å². The van der Waals surface area contributed by atoms with Crippen LogP contribution in [0.25, 0.3) is 0 Å². The maximum atomic E-state index is 12.7. The maximum Gasteiger partial charge on any atom is 0.253 e. The normalized spacial score (nSPS) is 14.7. The molecule has 0 spiro atoms. The Kier molecular flexibility index (Phi) is 5.75. The molecule has 9 heteroatoms. The molecule has 9 nitrogen and oxygen atoms in total. The van der Waals surface area contributed by atoms with E-state index in [-0.39, 0.29) is 17.9 Å². The first kappa shape index (κ1) is 22.6. The molecule has 3 aromatic rings. The van der Waals surface area contributed by atoms with E-state index in [4.69, 9.17) is 5.73 Å². The van der Waals surface area contributed by atoms with Crippen molar-refractivity contribution in [3.8, 4) is 0 Å². The van der Waals surface area contributed by atoms with Gasteiger partial charge >= 0.3 is 0 Å². The summed E-state index contributed by atoms with van der Waals surface area (Å²) >= 11 is 0. The number of aromatic nitrogens is 4. The molecule has 0 bridgehead atoms. The highest BCUT2D eigenvalue weighted by molar-refractivity contribution is 5.95. The first-order chi connectivity index (χ1) is 15.6. The van der Waals surface area contributed by atoms with Crippen molar-refractivity contribution in [2.24, 2.45) is 5.73 Å². The zero-order chi connectivity index (χ0) is 23.9. The van der Waals surface area contributed by atoms with E-state index in [1.165, 1.54) is 0 Å². The molecule has 0 fully saturated rings. The average molecular weight is 448 g/mol. The van der Waals surface area contributed by atoms with E-state index in [1.807, 2.05) is 43.3 Å². The number of carbonyl (C=O) groups excluding carboxylic acids is 2. The Labute approximate surface area is 193 Å². The van der Waals surface area contributed by atoms with E-state index in [2.05, 4.69) is 20.6 Å². The van der Waals surface area contributed by atoms with Crippen molar-refractivity contribution in [1.82, 2.24) is 30.4 Å². The van der Waals surface area contributed by atoms with Crippen LogP contribution in [-0.4, -0.2) is 76.5 Å². The van der Waals surface area contributed by atoms with Crippen LogP contribution in [0.1, 0.15) is 62.1 Å². The van der Waals surface area contributed by atoms with Gasteiger partial charge in [-0.1, -0.05) is 17.3 Å². The van der Waals surface area contributed by atoms with Gasteiger partial charge in [-0.3, -0.25) is 9.59 Å². The number of nitrogens with zero attached hydrogens (tertiary/aromatic N) is 5. The fourth-order valence-corrected chi connectivity index (χ4v) is 4.82. The second-order valence-corrected chi connectivity index (χ2v) is 9.14. The van der Waals surface area contributed by atoms with Crippen LogP contribution in [0.3, 0.4) is 0 Å². The summed E-state index contributed by atoms with van der Waals surface area (Å²) in [5.74, 6) is 0.371. The van der Waals surface area contributed by atoms with Gasteiger partial charge in [-0.15, -0.1) is 10.2 Å². The fourth-order valence-electron chi connectivity index (χ4n) is 4.82. The predicted molar refractivity (Wildman–Crippen MR) is 124 cm³/mol. The van der Waals surface area contributed by atoms with Gasteiger partial charge in [0.25, 0.3) is 11.8 Å². The molecule has 172 valence electrons. The third-order valence-electron chi connectivity index (χ3n) is 6.17. The number of aromatic amines is 1. The Hall–Kier alpha value is -3.59. The number of hydrogen-bond donors (Lipinski definition) is 2. The molecule has 1 aliphatic carbocycles. The van der Waals surface area contributed by atoms with Crippen LogP contribution in [0.4, 0.5) is 0 Å². The van der Waals surface area contributed by atoms with Gasteiger partial charge in [-0.25, -0.2) is 0 Å². The number of hydrogen-bond acceptors (Lipinski definition) is 6. The van der Waals surface area contributed by atoms with Crippen molar-refractivity contribution in [2.45, 2.75) is 31.2 Å². The van der Waals surface area contributed by atoms with E-state index in [9.17, 15) is 9.59 Å². The van der Waals surface area contributed by atoms with Gasteiger partial charge in [0.05, 0.1) is 5.41 Å². The smallest absolute Gasteiger partial charge is 0.253 e. The van der Waals surface area contributed by atoms with Crippen molar-refractivity contribution in [3.63, 3.8) is 0 Å². The molecule has 0 unspecified atom stereocenters. The largest absolute Gasteiger partial charge is 0.345 e. The fraction of sp³-hybridized carbons (Fsp3) is 0.375. The quantitative estimate of drug-likeness (QED) is 0.613. The number of rotatable bonds is 5. The first-order valence-electron chi connectivity index (χ1n) is 10.8. The van der Waals surface area contributed by atoms with Crippen molar-refractivity contribution in [3.05, 3.63) is 75.6 Å². The lowest BCUT2D eigenvalue weighted by Gasteiger charge is -2.40. The number of tetrazole rings is 1. The number of H-pyrrole nitrogens is 1. The van der Waals surface area contributed by atoms with Crippen molar-refractivity contribution in [1.29, 1.82) is 0 Å². The average Bonchev–Trinajstić information content (AvgIpc) is 3.32. The summed E-state index contributed by atoms with van der Waals surface area (Å²) in [6, 6.07) is 11.3. The Morgan fingerprint density at radius 3 is 1.91 bits per heavy atom. The summed E-state index contributed by atoms with van der Waals surface area (Å²) in [5, 5.41) is 15.2. The number of nitrogens with two attached hydrogens (primary N) is 1. The molecule has 0 radical (unpaired) electrons. The predicted octanol–water partition coefficient (Wildman–Crippen LogP) is 1.58. The molecular weight excluding hydrogens is 418 g/mol. The van der Waals surface area contributed by atoms with Gasteiger partial charge in [0.15, 0.2) is 5.82 Å². The highest BCUT2D eigenvalue weighted by Crippen LogP contribution is 2.48. The van der Waals surface area contributed by atoms with Gasteiger partial charge in [0.2, 0.25) is 0 Å². The minimum absolute atomic E-state index is 0.0718. The highest BCUT2D eigenvalue weighted by atomic mass is 16.2. The lowest BCUT2D eigenvalue weighted by atomic mass is 9.63. The van der Waals surface area contributed by atoms with E-state index >= 15 is 0 Å². The van der Waals surface area contributed by atoms with Crippen LogP contribution in [0.15, 0.2) is 36.4 Å². The SMILES string of the molecule is C[C@@H](N)CC1(c2nn[nH]n2)c2ccc(C(=O)N(C)C)cc2Cc2cc(C(=O)N(C)C)ccc21. The Morgan fingerprint density at radius 2 is 1.52 bits per heavy atom. The summed E-state index contributed by atoms with van der Waals surface area (Å²) in [5.41, 5.74) is 10.8. The molecule has 1 aromatic heterocycles. The Bertz CT molecular complexity index is 1130. The summed E-state index contributed by atoms with van der Waals surface area (Å²) < 4.78 is 0. The second-order valence-electron chi connectivity index (χ2n) is 9.14. The standard InChI is InChI=1S/C24H29N7O2/c1-14(25)13-24(23-26-28-29-27-23)19-8-6-15(21(32)30(2)3)10-17(19)12-18-11-16(7-9-20(18)24)22(33)31(4)5/h6-11,14H,12-13,25H2,1-5H3,(H,26,27,28,29)/t14-/m1/s1. The van der Waals surface area contributed by atoms with Crippen LogP contribution in [0.2, 0.25) is 0 Å². The summed E-state index contributed by atoms with van der Waals surface area (Å²) in [7, 11) is 6.93. The van der Waals surface area contributed by atoms with Crippen LogP contribution >= 0.6 is 0 Å². The van der Waals surface area contributed by atoms with E-state index in [0.717, 1.165) is 22.3 Å². The molecule has 0 saturated carbocycles. The van der Waals surface area contributed by atoms with Gasteiger partial charge < -0.3 is 15.5 Å². The van der Waals surface area contributed by atoms with Crippen molar-refractivity contribution < 1.29 is 9.59 Å². The van der Waals surface area contributed by atoms with Crippen molar-refractivity contribution in [2.75, 3.05) is 28.2 Å². The first-order valence-corrected chi connectivity index (χ1v) is 10.8. The summed E-state index contributed by atoms with van der Waals surface area (Å²) in [6.45, 7) is 1.95. The molecule has 1 atom stereocenters. The zero-order valence-corrected chi connectivity index (χ0v) is 19.6. The van der Waals surface area contributed by atoms with Crippen LogP contribution < -0.4 is 5.73 Å². The zero-order valence-electron chi connectivity index (χ0n) is 19.6. The van der Waals surface area contributed by atoms with Crippen LogP contribution in [0, 0.1) is 0 Å². The molecular formula is C24H29N7O2. The molecule has 0 saturated heterocycles. The molecule has 1 aliphatic rings. The van der Waals surface area contributed by atoms with Gasteiger partial charge in [-0.05, 0) is 66.3 Å².